The van der Waals surface area contributed by atoms with Crippen molar-refractivity contribution < 1.29 is 8.42 Å². The standard InChI is InChI=1S/C14H18N4O2S2/c1-17(2)22(19,20)18-8-3-4-13(18)12-6-5-11(10-16-12)14-15-7-9-21-14/h5-7,9-10,13H,3-4,8H2,1-2H3. The lowest BCUT2D eigenvalue weighted by Crippen LogP contribution is -2.39. The van der Waals surface area contributed by atoms with Crippen molar-refractivity contribution in [3.05, 3.63) is 35.6 Å². The van der Waals surface area contributed by atoms with Crippen molar-refractivity contribution in [2.24, 2.45) is 0 Å². The van der Waals surface area contributed by atoms with E-state index in [9.17, 15) is 8.42 Å². The van der Waals surface area contributed by atoms with E-state index in [2.05, 4.69) is 9.97 Å². The van der Waals surface area contributed by atoms with Gasteiger partial charge >= 0.3 is 0 Å². The molecule has 0 spiro atoms. The number of thiazole rings is 1. The van der Waals surface area contributed by atoms with Gasteiger partial charge < -0.3 is 0 Å². The number of hydrogen-bond donors (Lipinski definition) is 0. The summed E-state index contributed by atoms with van der Waals surface area (Å²) < 4.78 is 27.6. The van der Waals surface area contributed by atoms with E-state index in [-0.39, 0.29) is 6.04 Å². The molecule has 0 amide bonds. The maximum Gasteiger partial charge on any atom is 0.282 e. The minimum absolute atomic E-state index is 0.183. The molecule has 8 heteroatoms. The van der Waals surface area contributed by atoms with Gasteiger partial charge in [-0.2, -0.15) is 17.0 Å². The fourth-order valence-electron chi connectivity index (χ4n) is 2.62. The first-order valence-electron chi connectivity index (χ1n) is 7.05. The van der Waals surface area contributed by atoms with Crippen molar-refractivity contribution >= 4 is 21.5 Å². The summed E-state index contributed by atoms with van der Waals surface area (Å²) in [6, 6.07) is 3.68. The third-order valence-corrected chi connectivity index (χ3v) is 6.54. The summed E-state index contributed by atoms with van der Waals surface area (Å²) >= 11 is 1.56. The molecule has 3 rings (SSSR count). The van der Waals surface area contributed by atoms with Crippen molar-refractivity contribution in [3.8, 4) is 10.6 Å². The zero-order chi connectivity index (χ0) is 15.7. The Balaban J connectivity index is 1.87. The number of rotatable bonds is 4. The average molecular weight is 338 g/mol. The molecule has 0 radical (unpaired) electrons. The first kappa shape index (κ1) is 15.5. The van der Waals surface area contributed by atoms with Gasteiger partial charge in [-0.3, -0.25) is 4.98 Å². The van der Waals surface area contributed by atoms with Crippen molar-refractivity contribution in [2.45, 2.75) is 18.9 Å². The summed E-state index contributed by atoms with van der Waals surface area (Å²) in [5.41, 5.74) is 1.75. The monoisotopic (exact) mass is 338 g/mol. The van der Waals surface area contributed by atoms with Crippen LogP contribution in [0.5, 0.6) is 0 Å². The topological polar surface area (TPSA) is 66.4 Å². The first-order chi connectivity index (χ1) is 10.5. The Morgan fingerprint density at radius 3 is 2.73 bits per heavy atom. The van der Waals surface area contributed by atoms with Crippen LogP contribution in [0.15, 0.2) is 29.9 Å². The minimum atomic E-state index is -3.41. The summed E-state index contributed by atoms with van der Waals surface area (Å²) in [5.74, 6) is 0. The number of nitrogens with zero attached hydrogens (tertiary/aromatic N) is 4. The van der Waals surface area contributed by atoms with Crippen LogP contribution in [0.25, 0.3) is 10.6 Å². The molecule has 118 valence electrons. The van der Waals surface area contributed by atoms with E-state index in [0.717, 1.165) is 29.1 Å². The Morgan fingerprint density at radius 2 is 2.14 bits per heavy atom. The maximum atomic E-state index is 12.4. The summed E-state index contributed by atoms with van der Waals surface area (Å²) in [6.07, 6.45) is 5.19. The molecule has 1 unspecified atom stereocenters. The van der Waals surface area contributed by atoms with Crippen molar-refractivity contribution in [2.75, 3.05) is 20.6 Å². The van der Waals surface area contributed by atoms with E-state index in [1.165, 1.54) is 4.31 Å². The van der Waals surface area contributed by atoms with Gasteiger partial charge in [-0.25, -0.2) is 4.98 Å². The highest BCUT2D eigenvalue weighted by Gasteiger charge is 2.37. The van der Waals surface area contributed by atoms with E-state index in [4.69, 9.17) is 0 Å². The van der Waals surface area contributed by atoms with Crippen LogP contribution < -0.4 is 0 Å². The summed E-state index contributed by atoms with van der Waals surface area (Å²) in [6.45, 7) is 0.543. The van der Waals surface area contributed by atoms with Crippen LogP contribution in [0.2, 0.25) is 0 Å². The smallest absolute Gasteiger partial charge is 0.259 e. The summed E-state index contributed by atoms with van der Waals surface area (Å²) in [7, 11) is -0.292. The molecule has 2 aromatic heterocycles. The zero-order valence-corrected chi connectivity index (χ0v) is 14.1. The van der Waals surface area contributed by atoms with Gasteiger partial charge in [0.05, 0.1) is 11.7 Å². The summed E-state index contributed by atoms with van der Waals surface area (Å²) in [5, 5.41) is 2.84. The van der Waals surface area contributed by atoms with E-state index in [1.807, 2.05) is 17.5 Å². The molecule has 1 fully saturated rings. The van der Waals surface area contributed by atoms with Gasteiger partial charge in [0, 0.05) is 44.0 Å². The fourth-order valence-corrected chi connectivity index (χ4v) is 4.56. The second kappa shape index (κ2) is 6.04. The van der Waals surface area contributed by atoms with Crippen molar-refractivity contribution in [1.82, 2.24) is 18.6 Å². The highest BCUT2D eigenvalue weighted by atomic mass is 32.2. The lowest BCUT2D eigenvalue weighted by Gasteiger charge is -2.26. The molecule has 6 nitrogen and oxygen atoms in total. The molecule has 3 heterocycles. The summed E-state index contributed by atoms with van der Waals surface area (Å²) in [4.78, 5) is 8.74. The Labute approximate surface area is 134 Å². The number of pyridine rings is 1. The van der Waals surface area contributed by atoms with E-state index in [0.29, 0.717) is 6.54 Å². The lowest BCUT2D eigenvalue weighted by molar-refractivity contribution is 0.358. The van der Waals surface area contributed by atoms with E-state index >= 15 is 0 Å². The molecule has 0 aliphatic carbocycles. The first-order valence-corrected chi connectivity index (χ1v) is 9.33. The fraction of sp³-hybridized carbons (Fsp3) is 0.429. The predicted molar refractivity (Wildman–Crippen MR) is 86.6 cm³/mol. The number of aromatic nitrogens is 2. The zero-order valence-electron chi connectivity index (χ0n) is 12.5. The van der Waals surface area contributed by atoms with Crippen LogP contribution in [0.4, 0.5) is 0 Å². The largest absolute Gasteiger partial charge is 0.282 e. The Kier molecular flexibility index (Phi) is 4.26. The second-order valence-corrected chi connectivity index (χ2v) is 8.36. The molecule has 1 aliphatic heterocycles. The average Bonchev–Trinajstić information content (AvgIpc) is 3.19. The molecule has 1 aliphatic rings. The molecular weight excluding hydrogens is 320 g/mol. The van der Waals surface area contributed by atoms with Crippen LogP contribution in [-0.4, -0.2) is 47.6 Å². The van der Waals surface area contributed by atoms with Gasteiger partial charge in [-0.05, 0) is 25.0 Å². The molecule has 0 bridgehead atoms. The van der Waals surface area contributed by atoms with E-state index in [1.54, 1.807) is 42.1 Å². The third kappa shape index (κ3) is 2.79. The predicted octanol–water partition coefficient (Wildman–Crippen LogP) is 2.15. The molecule has 0 N–H and O–H groups in total. The Bertz CT molecular complexity index is 727. The molecule has 2 aromatic rings. The third-order valence-electron chi connectivity index (χ3n) is 3.77. The van der Waals surface area contributed by atoms with Crippen LogP contribution in [0.3, 0.4) is 0 Å². The highest BCUT2D eigenvalue weighted by Crippen LogP contribution is 2.34. The van der Waals surface area contributed by atoms with E-state index < -0.39 is 10.2 Å². The quantitative estimate of drug-likeness (QED) is 0.857. The van der Waals surface area contributed by atoms with Gasteiger partial charge in [0.15, 0.2) is 0 Å². The Morgan fingerprint density at radius 1 is 1.32 bits per heavy atom. The van der Waals surface area contributed by atoms with Crippen LogP contribution in [-0.2, 0) is 10.2 Å². The molecular formula is C14H18N4O2S2. The maximum absolute atomic E-state index is 12.4. The molecule has 22 heavy (non-hydrogen) atoms. The van der Waals surface area contributed by atoms with Crippen LogP contribution in [0.1, 0.15) is 24.6 Å². The van der Waals surface area contributed by atoms with Crippen LogP contribution in [0, 0.1) is 0 Å². The molecule has 1 saturated heterocycles. The van der Waals surface area contributed by atoms with Gasteiger partial charge in [0.25, 0.3) is 10.2 Å². The SMILES string of the molecule is CN(C)S(=O)(=O)N1CCCC1c1ccc(-c2nccs2)cn1. The van der Waals surface area contributed by atoms with Crippen molar-refractivity contribution in [3.63, 3.8) is 0 Å². The molecule has 0 saturated carbocycles. The molecule has 1 atom stereocenters. The lowest BCUT2D eigenvalue weighted by atomic mass is 10.1. The Hall–Kier alpha value is -1.35. The van der Waals surface area contributed by atoms with Gasteiger partial charge in [0.2, 0.25) is 0 Å². The number of hydrogen-bond acceptors (Lipinski definition) is 5. The van der Waals surface area contributed by atoms with Gasteiger partial charge in [0.1, 0.15) is 5.01 Å². The minimum Gasteiger partial charge on any atom is -0.259 e. The van der Waals surface area contributed by atoms with Gasteiger partial charge in [-0.15, -0.1) is 11.3 Å². The van der Waals surface area contributed by atoms with Gasteiger partial charge in [-0.1, -0.05) is 0 Å². The second-order valence-electron chi connectivity index (χ2n) is 5.37. The normalized spacial score (nSPS) is 19.9. The van der Waals surface area contributed by atoms with Crippen molar-refractivity contribution in [1.29, 1.82) is 0 Å². The highest BCUT2D eigenvalue weighted by molar-refractivity contribution is 7.86. The van der Waals surface area contributed by atoms with Crippen LogP contribution >= 0.6 is 11.3 Å². The molecule has 0 aromatic carbocycles.